The van der Waals surface area contributed by atoms with E-state index < -0.39 is 0 Å². The summed E-state index contributed by atoms with van der Waals surface area (Å²) in [6.45, 7) is 8.71. The van der Waals surface area contributed by atoms with E-state index in [-0.39, 0.29) is 5.91 Å². The van der Waals surface area contributed by atoms with Crippen molar-refractivity contribution in [3.8, 4) is 0 Å². The normalized spacial score (nSPS) is 44.0. The Balaban J connectivity index is 2.23. The monoisotopic (exact) mass is 195 g/mol. The van der Waals surface area contributed by atoms with Crippen molar-refractivity contribution in [1.29, 1.82) is 0 Å². The van der Waals surface area contributed by atoms with E-state index in [1.165, 1.54) is 19.3 Å². The van der Waals surface area contributed by atoms with Crippen LogP contribution in [-0.4, -0.2) is 11.9 Å². The molecule has 14 heavy (non-hydrogen) atoms. The Morgan fingerprint density at radius 1 is 1.36 bits per heavy atom. The van der Waals surface area contributed by atoms with Crippen LogP contribution in [0.15, 0.2) is 0 Å². The highest BCUT2D eigenvalue weighted by Crippen LogP contribution is 2.65. The lowest BCUT2D eigenvalue weighted by Crippen LogP contribution is -2.46. The second-order valence-electron chi connectivity index (χ2n) is 5.86. The third-order valence-corrected chi connectivity index (χ3v) is 5.17. The molecule has 1 amide bonds. The maximum atomic E-state index is 11.1. The number of amides is 1. The molecule has 2 aliphatic carbocycles. The van der Waals surface area contributed by atoms with Crippen LogP contribution < -0.4 is 5.32 Å². The van der Waals surface area contributed by atoms with E-state index in [4.69, 9.17) is 0 Å². The molecule has 0 aromatic carbocycles. The van der Waals surface area contributed by atoms with E-state index in [9.17, 15) is 4.79 Å². The number of hydrogen-bond acceptors (Lipinski definition) is 1. The van der Waals surface area contributed by atoms with Gasteiger partial charge in [0.15, 0.2) is 0 Å². The van der Waals surface area contributed by atoms with Crippen molar-refractivity contribution in [2.45, 2.75) is 53.0 Å². The van der Waals surface area contributed by atoms with Gasteiger partial charge in [-0.2, -0.15) is 0 Å². The maximum absolute atomic E-state index is 11.1. The molecule has 0 aliphatic heterocycles. The molecule has 0 aromatic heterocycles. The van der Waals surface area contributed by atoms with Gasteiger partial charge < -0.3 is 5.32 Å². The van der Waals surface area contributed by atoms with Crippen molar-refractivity contribution in [3.63, 3.8) is 0 Å². The highest BCUT2D eigenvalue weighted by molar-refractivity contribution is 5.73. The summed E-state index contributed by atoms with van der Waals surface area (Å²) >= 11 is 0. The van der Waals surface area contributed by atoms with E-state index in [0.29, 0.717) is 16.9 Å². The molecule has 0 heterocycles. The summed E-state index contributed by atoms with van der Waals surface area (Å²) < 4.78 is 0. The Morgan fingerprint density at radius 2 is 2.00 bits per heavy atom. The molecule has 0 unspecified atom stereocenters. The fourth-order valence-electron chi connectivity index (χ4n) is 3.67. The van der Waals surface area contributed by atoms with Crippen molar-refractivity contribution in [1.82, 2.24) is 5.32 Å². The van der Waals surface area contributed by atoms with Crippen molar-refractivity contribution in [3.05, 3.63) is 0 Å². The van der Waals surface area contributed by atoms with Crippen LogP contribution in [0, 0.1) is 16.7 Å². The van der Waals surface area contributed by atoms with Crippen molar-refractivity contribution in [2.75, 3.05) is 0 Å². The first-order valence-corrected chi connectivity index (χ1v) is 5.65. The highest BCUT2D eigenvalue weighted by Gasteiger charge is 2.61. The predicted octanol–water partition coefficient (Wildman–Crippen LogP) is 2.34. The number of fused-ring (bicyclic) bond motifs is 2. The van der Waals surface area contributed by atoms with Crippen LogP contribution in [0.25, 0.3) is 0 Å². The Labute approximate surface area is 86.5 Å². The average Bonchev–Trinajstić information content (AvgIpc) is 2.35. The van der Waals surface area contributed by atoms with Crippen molar-refractivity contribution < 1.29 is 4.79 Å². The smallest absolute Gasteiger partial charge is 0.217 e. The van der Waals surface area contributed by atoms with Gasteiger partial charge in [-0.3, -0.25) is 4.79 Å². The maximum Gasteiger partial charge on any atom is 0.217 e. The van der Waals surface area contributed by atoms with Crippen LogP contribution in [0.5, 0.6) is 0 Å². The first kappa shape index (κ1) is 10.0. The van der Waals surface area contributed by atoms with E-state index in [1.54, 1.807) is 6.92 Å². The van der Waals surface area contributed by atoms with Gasteiger partial charge >= 0.3 is 0 Å². The summed E-state index contributed by atoms with van der Waals surface area (Å²) in [5.41, 5.74) is 0.726. The number of carbonyl (C=O) groups is 1. The van der Waals surface area contributed by atoms with Crippen LogP contribution in [0.1, 0.15) is 47.0 Å². The van der Waals surface area contributed by atoms with Gasteiger partial charge in [-0.05, 0) is 36.0 Å². The van der Waals surface area contributed by atoms with Gasteiger partial charge in [0.2, 0.25) is 5.91 Å². The largest absolute Gasteiger partial charge is 0.353 e. The standard InChI is InChI=1S/C12H21NO/c1-8(14)13-10-7-9-5-6-12(10,4)11(9,2)3/h9-10H,5-7H2,1-4H3,(H,13,14)/t9-,10-,12-/m1/s1. The van der Waals surface area contributed by atoms with Crippen molar-refractivity contribution in [2.24, 2.45) is 16.7 Å². The molecule has 2 rings (SSSR count). The molecule has 2 saturated carbocycles. The van der Waals surface area contributed by atoms with Crippen LogP contribution in [-0.2, 0) is 4.79 Å². The Morgan fingerprint density at radius 3 is 2.36 bits per heavy atom. The zero-order chi connectivity index (χ0) is 10.6. The molecule has 2 bridgehead atoms. The number of carbonyl (C=O) groups excluding carboxylic acids is 1. The predicted molar refractivity (Wildman–Crippen MR) is 56.8 cm³/mol. The van der Waals surface area contributed by atoms with Crippen LogP contribution in [0.4, 0.5) is 0 Å². The van der Waals surface area contributed by atoms with E-state index >= 15 is 0 Å². The van der Waals surface area contributed by atoms with Crippen molar-refractivity contribution >= 4 is 5.91 Å². The summed E-state index contributed by atoms with van der Waals surface area (Å²) in [5.74, 6) is 0.934. The fourth-order valence-corrected chi connectivity index (χ4v) is 3.67. The molecule has 2 fully saturated rings. The molecule has 0 saturated heterocycles. The van der Waals surface area contributed by atoms with Crippen LogP contribution in [0.2, 0.25) is 0 Å². The Bertz CT molecular complexity index is 271. The molecule has 2 aliphatic rings. The number of nitrogens with one attached hydrogen (secondary N) is 1. The first-order valence-electron chi connectivity index (χ1n) is 5.65. The zero-order valence-corrected chi connectivity index (χ0v) is 9.68. The molecule has 0 aromatic rings. The lowest BCUT2D eigenvalue weighted by Gasteiger charge is -2.39. The van der Waals surface area contributed by atoms with Gasteiger partial charge in [0.25, 0.3) is 0 Å². The summed E-state index contributed by atoms with van der Waals surface area (Å²) in [6, 6.07) is 0.411. The minimum atomic E-state index is 0.125. The molecule has 1 N–H and O–H groups in total. The Kier molecular flexibility index (Phi) is 1.96. The van der Waals surface area contributed by atoms with Gasteiger partial charge in [-0.25, -0.2) is 0 Å². The lowest BCUT2D eigenvalue weighted by atomic mass is 9.69. The zero-order valence-electron chi connectivity index (χ0n) is 9.68. The van der Waals surface area contributed by atoms with Gasteiger partial charge in [-0.15, -0.1) is 0 Å². The summed E-state index contributed by atoms with van der Waals surface area (Å²) in [6.07, 6.45) is 3.80. The molecular formula is C12H21NO. The first-order chi connectivity index (χ1) is 6.38. The summed E-state index contributed by atoms with van der Waals surface area (Å²) in [7, 11) is 0. The van der Waals surface area contributed by atoms with Gasteiger partial charge in [0.1, 0.15) is 0 Å². The minimum Gasteiger partial charge on any atom is -0.353 e. The minimum absolute atomic E-state index is 0.125. The Hall–Kier alpha value is -0.530. The lowest BCUT2D eigenvalue weighted by molar-refractivity contribution is -0.120. The van der Waals surface area contributed by atoms with E-state index in [0.717, 1.165) is 5.92 Å². The van der Waals surface area contributed by atoms with E-state index in [1.807, 2.05) is 0 Å². The third-order valence-electron chi connectivity index (χ3n) is 5.17. The van der Waals surface area contributed by atoms with Crippen LogP contribution in [0.3, 0.4) is 0 Å². The summed E-state index contributed by atoms with van der Waals surface area (Å²) in [5, 5.41) is 3.13. The van der Waals surface area contributed by atoms with Gasteiger partial charge in [0, 0.05) is 13.0 Å². The second-order valence-corrected chi connectivity index (χ2v) is 5.86. The molecule has 2 nitrogen and oxygen atoms in total. The topological polar surface area (TPSA) is 29.1 Å². The quantitative estimate of drug-likeness (QED) is 0.683. The number of rotatable bonds is 1. The molecule has 3 atom stereocenters. The molecular weight excluding hydrogens is 174 g/mol. The molecule has 80 valence electrons. The highest BCUT2D eigenvalue weighted by atomic mass is 16.1. The van der Waals surface area contributed by atoms with Gasteiger partial charge in [-0.1, -0.05) is 20.8 Å². The SMILES string of the molecule is CC(=O)N[C@@H]1C[C@H]2CC[C@@]1(C)C2(C)C. The molecule has 0 spiro atoms. The van der Waals surface area contributed by atoms with E-state index in [2.05, 4.69) is 26.1 Å². The number of hydrogen-bond donors (Lipinski definition) is 1. The molecule has 0 radical (unpaired) electrons. The summed E-state index contributed by atoms with van der Waals surface area (Å²) in [4.78, 5) is 11.1. The average molecular weight is 195 g/mol. The molecule has 2 heteroatoms. The van der Waals surface area contributed by atoms with Crippen LogP contribution >= 0.6 is 0 Å². The fraction of sp³-hybridized carbons (Fsp3) is 0.917. The second kappa shape index (κ2) is 2.74. The third kappa shape index (κ3) is 1.06. The van der Waals surface area contributed by atoms with Gasteiger partial charge in [0.05, 0.1) is 0 Å².